The fourth-order valence-electron chi connectivity index (χ4n) is 2.12. The molecular weight excluding hydrogens is 160 g/mol. The van der Waals surface area contributed by atoms with E-state index in [2.05, 4.69) is 25.1 Å². The number of fused-ring (bicyclic) bond motifs is 1. The highest BCUT2D eigenvalue weighted by Crippen LogP contribution is 2.35. The Morgan fingerprint density at radius 2 is 1.77 bits per heavy atom. The van der Waals surface area contributed by atoms with Crippen LogP contribution in [0.2, 0.25) is 0 Å². The van der Waals surface area contributed by atoms with E-state index in [4.69, 9.17) is 0 Å². The maximum atomic E-state index is 11.6. The third kappa shape index (κ3) is 1.28. The Morgan fingerprint density at radius 3 is 2.46 bits per heavy atom. The zero-order valence-electron chi connectivity index (χ0n) is 8.08. The fraction of sp³-hybridized carbons (Fsp3) is 0.417. The van der Waals surface area contributed by atoms with Gasteiger partial charge in [-0.15, -0.1) is 0 Å². The van der Waals surface area contributed by atoms with Crippen LogP contribution in [0.4, 0.5) is 0 Å². The van der Waals surface area contributed by atoms with Crippen molar-refractivity contribution in [2.75, 3.05) is 0 Å². The molecule has 1 aromatic carbocycles. The van der Waals surface area contributed by atoms with Crippen LogP contribution >= 0.6 is 0 Å². The number of Topliss-reactive ketones (excluding diaryl/α,β-unsaturated/α-hetero) is 1. The molecule has 0 aliphatic heterocycles. The Balaban J connectivity index is 2.53. The number of carbonyl (C=O) groups excluding carboxylic acids is 1. The highest BCUT2D eigenvalue weighted by Gasteiger charge is 2.27. The lowest BCUT2D eigenvalue weighted by Crippen LogP contribution is -2.20. The van der Waals surface area contributed by atoms with E-state index < -0.39 is 0 Å². The van der Waals surface area contributed by atoms with Crippen molar-refractivity contribution in [3.63, 3.8) is 0 Å². The van der Waals surface area contributed by atoms with E-state index in [1.807, 2.05) is 13.0 Å². The van der Waals surface area contributed by atoms with Crippen LogP contribution in [-0.2, 0) is 4.79 Å². The zero-order valence-corrected chi connectivity index (χ0v) is 8.08. The molecule has 0 bridgehead atoms. The smallest absolute Gasteiger partial charge is 0.140 e. The zero-order chi connectivity index (χ0) is 9.42. The Labute approximate surface area is 78.8 Å². The fourth-order valence-corrected chi connectivity index (χ4v) is 2.12. The van der Waals surface area contributed by atoms with Crippen LogP contribution in [0.1, 0.15) is 43.2 Å². The molecule has 0 spiro atoms. The lowest BCUT2D eigenvalue weighted by Gasteiger charge is -2.26. The summed E-state index contributed by atoms with van der Waals surface area (Å²) in [4.78, 5) is 11.6. The van der Waals surface area contributed by atoms with Crippen LogP contribution < -0.4 is 0 Å². The summed E-state index contributed by atoms with van der Waals surface area (Å²) >= 11 is 0. The maximum absolute atomic E-state index is 11.6. The molecule has 1 aromatic rings. The van der Waals surface area contributed by atoms with Gasteiger partial charge in [0.15, 0.2) is 0 Å². The van der Waals surface area contributed by atoms with Crippen molar-refractivity contribution >= 4 is 5.78 Å². The Morgan fingerprint density at radius 1 is 1.15 bits per heavy atom. The van der Waals surface area contributed by atoms with Crippen LogP contribution in [0, 0.1) is 0 Å². The molecule has 2 atom stereocenters. The van der Waals surface area contributed by atoms with Gasteiger partial charge in [-0.05, 0) is 17.0 Å². The molecule has 0 heterocycles. The SMILES string of the molecule is C[C@@H]1CC(=O)[C@H](C)c2ccccc21. The molecule has 0 amide bonds. The summed E-state index contributed by atoms with van der Waals surface area (Å²) < 4.78 is 0. The van der Waals surface area contributed by atoms with Gasteiger partial charge < -0.3 is 0 Å². The molecule has 1 heteroatoms. The first-order chi connectivity index (χ1) is 6.20. The van der Waals surface area contributed by atoms with Gasteiger partial charge in [0.25, 0.3) is 0 Å². The van der Waals surface area contributed by atoms with Crippen LogP contribution in [0.15, 0.2) is 24.3 Å². The van der Waals surface area contributed by atoms with Crippen molar-refractivity contribution in [3.05, 3.63) is 35.4 Å². The number of carbonyl (C=O) groups is 1. The molecule has 0 fully saturated rings. The quantitative estimate of drug-likeness (QED) is 0.591. The number of hydrogen-bond donors (Lipinski definition) is 0. The van der Waals surface area contributed by atoms with Gasteiger partial charge in [0.1, 0.15) is 5.78 Å². The van der Waals surface area contributed by atoms with Gasteiger partial charge in [-0.3, -0.25) is 4.79 Å². The standard InChI is InChI=1S/C12H14O/c1-8-7-12(13)9(2)11-6-4-3-5-10(8)11/h3-6,8-9H,7H2,1-2H3/t8-,9-/m1/s1. The van der Waals surface area contributed by atoms with Gasteiger partial charge in [0.05, 0.1) is 0 Å². The third-order valence-electron chi connectivity index (χ3n) is 2.98. The lowest BCUT2D eigenvalue weighted by molar-refractivity contribution is -0.120. The van der Waals surface area contributed by atoms with Crippen molar-refractivity contribution in [2.45, 2.75) is 32.1 Å². The highest BCUT2D eigenvalue weighted by molar-refractivity contribution is 5.88. The normalized spacial score (nSPS) is 27.1. The first kappa shape index (κ1) is 8.49. The molecule has 1 aliphatic rings. The predicted molar refractivity (Wildman–Crippen MR) is 52.9 cm³/mol. The molecule has 2 rings (SSSR count). The molecule has 1 nitrogen and oxygen atoms in total. The number of benzene rings is 1. The van der Waals surface area contributed by atoms with Crippen LogP contribution in [0.3, 0.4) is 0 Å². The second-order valence-electron chi connectivity index (χ2n) is 3.92. The topological polar surface area (TPSA) is 17.1 Å². The summed E-state index contributed by atoms with van der Waals surface area (Å²) in [6.07, 6.45) is 0.707. The molecule has 0 radical (unpaired) electrons. The van der Waals surface area contributed by atoms with Gasteiger partial charge in [-0.2, -0.15) is 0 Å². The van der Waals surface area contributed by atoms with Crippen molar-refractivity contribution in [3.8, 4) is 0 Å². The monoisotopic (exact) mass is 174 g/mol. The number of ketones is 1. The second kappa shape index (κ2) is 2.99. The highest BCUT2D eigenvalue weighted by atomic mass is 16.1. The van der Waals surface area contributed by atoms with E-state index in [-0.39, 0.29) is 5.92 Å². The molecule has 13 heavy (non-hydrogen) atoms. The average Bonchev–Trinajstić information content (AvgIpc) is 2.15. The van der Waals surface area contributed by atoms with Crippen molar-refractivity contribution < 1.29 is 4.79 Å². The predicted octanol–water partition coefficient (Wildman–Crippen LogP) is 2.87. The molecule has 0 unspecified atom stereocenters. The molecule has 0 N–H and O–H groups in total. The van der Waals surface area contributed by atoms with Crippen LogP contribution in [0.25, 0.3) is 0 Å². The minimum absolute atomic E-state index is 0.104. The van der Waals surface area contributed by atoms with E-state index in [1.54, 1.807) is 0 Å². The minimum Gasteiger partial charge on any atom is -0.299 e. The summed E-state index contributed by atoms with van der Waals surface area (Å²) in [5.41, 5.74) is 2.58. The van der Waals surface area contributed by atoms with E-state index >= 15 is 0 Å². The molecule has 1 aliphatic carbocycles. The van der Waals surface area contributed by atoms with Crippen molar-refractivity contribution in [1.29, 1.82) is 0 Å². The largest absolute Gasteiger partial charge is 0.299 e. The van der Waals surface area contributed by atoms with E-state index in [9.17, 15) is 4.79 Å². The van der Waals surface area contributed by atoms with Gasteiger partial charge in [-0.1, -0.05) is 38.1 Å². The summed E-state index contributed by atoms with van der Waals surface area (Å²) in [5, 5.41) is 0. The van der Waals surface area contributed by atoms with Gasteiger partial charge in [0.2, 0.25) is 0 Å². The molecule has 68 valence electrons. The van der Waals surface area contributed by atoms with Crippen LogP contribution in [-0.4, -0.2) is 5.78 Å². The second-order valence-corrected chi connectivity index (χ2v) is 3.92. The summed E-state index contributed by atoms with van der Waals surface area (Å²) in [7, 11) is 0. The Hall–Kier alpha value is -1.11. The van der Waals surface area contributed by atoms with E-state index in [0.29, 0.717) is 18.1 Å². The number of hydrogen-bond acceptors (Lipinski definition) is 1. The molecule has 0 aromatic heterocycles. The Bertz CT molecular complexity index is 341. The minimum atomic E-state index is 0.104. The summed E-state index contributed by atoms with van der Waals surface area (Å²) in [6.45, 7) is 4.13. The molecule has 0 saturated heterocycles. The molecular formula is C12H14O. The summed E-state index contributed by atoms with van der Waals surface area (Å²) in [6, 6.07) is 8.29. The average molecular weight is 174 g/mol. The lowest BCUT2D eigenvalue weighted by atomic mass is 9.77. The molecule has 0 saturated carbocycles. The van der Waals surface area contributed by atoms with E-state index in [0.717, 1.165) is 0 Å². The third-order valence-corrected chi connectivity index (χ3v) is 2.98. The van der Waals surface area contributed by atoms with Gasteiger partial charge >= 0.3 is 0 Å². The number of rotatable bonds is 0. The van der Waals surface area contributed by atoms with Crippen molar-refractivity contribution in [2.24, 2.45) is 0 Å². The first-order valence-corrected chi connectivity index (χ1v) is 4.81. The van der Waals surface area contributed by atoms with Gasteiger partial charge in [0, 0.05) is 12.3 Å². The van der Waals surface area contributed by atoms with Crippen LogP contribution in [0.5, 0.6) is 0 Å². The van der Waals surface area contributed by atoms with E-state index in [1.165, 1.54) is 11.1 Å². The summed E-state index contributed by atoms with van der Waals surface area (Å²) in [5.74, 6) is 0.888. The van der Waals surface area contributed by atoms with Crippen molar-refractivity contribution in [1.82, 2.24) is 0 Å². The Kier molecular flexibility index (Phi) is 1.95. The maximum Gasteiger partial charge on any atom is 0.140 e. The van der Waals surface area contributed by atoms with Gasteiger partial charge in [-0.25, -0.2) is 0 Å². The first-order valence-electron chi connectivity index (χ1n) is 4.81.